The van der Waals surface area contributed by atoms with E-state index >= 15 is 0 Å². The number of halogens is 1. The Hall–Kier alpha value is -0.570. The summed E-state index contributed by atoms with van der Waals surface area (Å²) in [5, 5.41) is 8.45. The molecule has 1 aromatic rings. The van der Waals surface area contributed by atoms with E-state index in [4.69, 9.17) is 11.6 Å². The Balaban J connectivity index is 1.87. The first-order valence-electron chi connectivity index (χ1n) is 5.78. The molecule has 1 aromatic heterocycles. The van der Waals surface area contributed by atoms with Crippen molar-refractivity contribution in [1.29, 1.82) is 0 Å². The predicted molar refractivity (Wildman–Crippen MR) is 58.8 cm³/mol. The van der Waals surface area contributed by atoms with Gasteiger partial charge in [-0.1, -0.05) is 12.1 Å². The van der Waals surface area contributed by atoms with Crippen molar-refractivity contribution >= 4 is 11.6 Å². The Kier molecular flexibility index (Phi) is 2.23. The number of hydrogen-bond acceptors (Lipinski definition) is 2. The maximum Gasteiger partial charge on any atom is 0.101 e. The first-order valence-corrected chi connectivity index (χ1v) is 6.32. The summed E-state index contributed by atoms with van der Waals surface area (Å²) in [5.74, 6) is 2.15. The highest BCUT2D eigenvalue weighted by Gasteiger charge is 2.38. The summed E-state index contributed by atoms with van der Waals surface area (Å²) in [6.07, 6.45) is 5.13. The summed E-state index contributed by atoms with van der Waals surface area (Å²) >= 11 is 5.89. The monoisotopic (exact) mass is 225 g/mol. The van der Waals surface area contributed by atoms with Crippen LogP contribution in [0.4, 0.5) is 0 Å². The van der Waals surface area contributed by atoms with Crippen molar-refractivity contribution in [3.05, 3.63) is 11.4 Å². The average molecular weight is 226 g/mol. The average Bonchev–Trinajstić information content (AvgIpc) is 3.10. The van der Waals surface area contributed by atoms with Gasteiger partial charge in [-0.25, -0.2) is 4.68 Å². The Labute approximate surface area is 94.8 Å². The van der Waals surface area contributed by atoms with Crippen LogP contribution in [0.5, 0.6) is 0 Å². The minimum absolute atomic E-state index is 0.503. The van der Waals surface area contributed by atoms with Gasteiger partial charge in [-0.3, -0.25) is 0 Å². The highest BCUT2D eigenvalue weighted by atomic mass is 35.5. The second kappa shape index (κ2) is 3.48. The largest absolute Gasteiger partial charge is 0.246 e. The lowest BCUT2D eigenvalue weighted by Gasteiger charge is -2.05. The lowest BCUT2D eigenvalue weighted by molar-refractivity contribution is 0.546. The molecule has 0 spiro atoms. The number of rotatable bonds is 4. The fourth-order valence-corrected chi connectivity index (χ4v) is 2.37. The SMILES string of the molecule is CC1CC1n1nnc(CCl)c1CC1CC1. The molecule has 0 aliphatic heterocycles. The van der Waals surface area contributed by atoms with Crippen LogP contribution in [0.3, 0.4) is 0 Å². The zero-order chi connectivity index (χ0) is 10.4. The van der Waals surface area contributed by atoms with E-state index in [1.807, 2.05) is 0 Å². The van der Waals surface area contributed by atoms with E-state index in [9.17, 15) is 0 Å². The lowest BCUT2D eigenvalue weighted by Crippen LogP contribution is -2.06. The van der Waals surface area contributed by atoms with Crippen molar-refractivity contribution in [2.75, 3.05) is 0 Å². The van der Waals surface area contributed by atoms with E-state index < -0.39 is 0 Å². The van der Waals surface area contributed by atoms with Crippen molar-refractivity contribution in [3.8, 4) is 0 Å². The molecule has 82 valence electrons. The van der Waals surface area contributed by atoms with E-state index in [-0.39, 0.29) is 0 Å². The first-order chi connectivity index (χ1) is 7.29. The molecule has 2 fully saturated rings. The smallest absolute Gasteiger partial charge is 0.101 e. The standard InChI is InChI=1S/C11H16ClN3/c1-7-4-10(7)15-11(5-8-2-3-8)9(6-12)13-14-15/h7-8,10H,2-6H2,1H3. The second-order valence-corrected chi connectivity index (χ2v) is 5.26. The minimum Gasteiger partial charge on any atom is -0.246 e. The van der Waals surface area contributed by atoms with Crippen LogP contribution in [-0.4, -0.2) is 15.0 Å². The van der Waals surface area contributed by atoms with Gasteiger partial charge in [-0.15, -0.1) is 16.7 Å². The number of hydrogen-bond donors (Lipinski definition) is 0. The molecule has 0 amide bonds. The van der Waals surface area contributed by atoms with Crippen LogP contribution in [-0.2, 0) is 12.3 Å². The van der Waals surface area contributed by atoms with E-state index in [2.05, 4.69) is 21.9 Å². The van der Waals surface area contributed by atoms with Gasteiger partial charge in [0, 0.05) is 0 Å². The number of nitrogens with zero attached hydrogens (tertiary/aromatic N) is 3. The van der Waals surface area contributed by atoms with Crippen LogP contribution in [0.25, 0.3) is 0 Å². The molecule has 2 atom stereocenters. The third kappa shape index (κ3) is 1.78. The third-order valence-electron chi connectivity index (χ3n) is 3.56. The maximum absolute atomic E-state index is 5.89. The fraction of sp³-hybridized carbons (Fsp3) is 0.818. The van der Waals surface area contributed by atoms with Crippen LogP contribution >= 0.6 is 11.6 Å². The van der Waals surface area contributed by atoms with Gasteiger partial charge in [0.15, 0.2) is 0 Å². The molecule has 0 aromatic carbocycles. The third-order valence-corrected chi connectivity index (χ3v) is 3.81. The number of aromatic nitrogens is 3. The molecule has 0 N–H and O–H groups in total. The van der Waals surface area contributed by atoms with Crippen molar-refractivity contribution in [2.45, 2.75) is 44.5 Å². The first kappa shape index (κ1) is 9.64. The summed E-state index contributed by atoms with van der Waals surface area (Å²) in [6.45, 7) is 2.27. The van der Waals surface area contributed by atoms with Crippen LogP contribution in [0.1, 0.15) is 43.6 Å². The van der Waals surface area contributed by atoms with Gasteiger partial charge in [0.25, 0.3) is 0 Å². The summed E-state index contributed by atoms with van der Waals surface area (Å²) < 4.78 is 2.14. The fourth-order valence-electron chi connectivity index (χ4n) is 2.17. The highest BCUT2D eigenvalue weighted by Crippen LogP contribution is 2.44. The summed E-state index contributed by atoms with van der Waals surface area (Å²) in [4.78, 5) is 0. The molecule has 2 aliphatic rings. The van der Waals surface area contributed by atoms with E-state index in [0.717, 1.165) is 24.0 Å². The molecule has 1 heterocycles. The van der Waals surface area contributed by atoms with Gasteiger partial charge in [0.05, 0.1) is 17.6 Å². The minimum atomic E-state index is 0.503. The molecule has 4 heteroatoms. The molecule has 3 nitrogen and oxygen atoms in total. The zero-order valence-electron chi connectivity index (χ0n) is 8.99. The van der Waals surface area contributed by atoms with Crippen molar-refractivity contribution in [2.24, 2.45) is 11.8 Å². The molecule has 0 radical (unpaired) electrons. The van der Waals surface area contributed by atoms with Gasteiger partial charge in [-0.05, 0) is 37.5 Å². The molecule has 15 heavy (non-hydrogen) atoms. The molecule has 3 rings (SSSR count). The van der Waals surface area contributed by atoms with Crippen LogP contribution in [0.2, 0.25) is 0 Å². The Morgan fingerprint density at radius 1 is 1.47 bits per heavy atom. The highest BCUT2D eigenvalue weighted by molar-refractivity contribution is 6.16. The van der Waals surface area contributed by atoms with Gasteiger partial charge < -0.3 is 0 Å². The second-order valence-electron chi connectivity index (χ2n) is 4.99. The zero-order valence-corrected chi connectivity index (χ0v) is 9.74. The molecule has 0 bridgehead atoms. The van der Waals surface area contributed by atoms with Crippen molar-refractivity contribution in [3.63, 3.8) is 0 Å². The quantitative estimate of drug-likeness (QED) is 0.738. The predicted octanol–water partition coefficient (Wildman–Crippen LogP) is 2.55. The van der Waals surface area contributed by atoms with Crippen LogP contribution in [0.15, 0.2) is 0 Å². The van der Waals surface area contributed by atoms with Gasteiger partial charge in [0.2, 0.25) is 0 Å². The Morgan fingerprint density at radius 3 is 2.73 bits per heavy atom. The number of alkyl halides is 1. The Morgan fingerprint density at radius 2 is 2.20 bits per heavy atom. The van der Waals surface area contributed by atoms with E-state index in [0.29, 0.717) is 11.9 Å². The Bertz CT molecular complexity index is 370. The van der Waals surface area contributed by atoms with Crippen LogP contribution < -0.4 is 0 Å². The molecule has 2 saturated carbocycles. The summed E-state index contributed by atoms with van der Waals surface area (Å²) in [6, 6.07) is 0.600. The topological polar surface area (TPSA) is 30.7 Å². The van der Waals surface area contributed by atoms with E-state index in [1.54, 1.807) is 0 Å². The normalized spacial score (nSPS) is 29.5. The van der Waals surface area contributed by atoms with Gasteiger partial charge >= 0.3 is 0 Å². The molecule has 2 aliphatic carbocycles. The van der Waals surface area contributed by atoms with Crippen molar-refractivity contribution < 1.29 is 0 Å². The summed E-state index contributed by atoms with van der Waals surface area (Å²) in [5.41, 5.74) is 2.31. The molecular formula is C11H16ClN3. The molecule has 2 unspecified atom stereocenters. The van der Waals surface area contributed by atoms with Crippen LogP contribution in [0, 0.1) is 11.8 Å². The van der Waals surface area contributed by atoms with Crippen molar-refractivity contribution in [1.82, 2.24) is 15.0 Å². The van der Waals surface area contributed by atoms with E-state index in [1.165, 1.54) is 25.0 Å². The van der Waals surface area contributed by atoms with Gasteiger partial charge in [-0.2, -0.15) is 0 Å². The molecular weight excluding hydrogens is 210 g/mol. The lowest BCUT2D eigenvalue weighted by atomic mass is 10.2. The summed E-state index contributed by atoms with van der Waals surface area (Å²) in [7, 11) is 0. The molecule has 0 saturated heterocycles. The van der Waals surface area contributed by atoms with Gasteiger partial charge in [0.1, 0.15) is 5.69 Å². The maximum atomic E-state index is 5.89.